The minimum atomic E-state index is -0.0674. The molecule has 0 unspecified atom stereocenters. The van der Waals surface area contributed by atoms with Crippen LogP contribution in [0.2, 0.25) is 0 Å². The first-order valence-electron chi connectivity index (χ1n) is 12.5. The van der Waals surface area contributed by atoms with Crippen LogP contribution in [-0.4, -0.2) is 45.9 Å². The first-order valence-corrected chi connectivity index (χ1v) is 12.5. The number of piperidine rings is 1. The second-order valence-electron chi connectivity index (χ2n) is 9.35. The van der Waals surface area contributed by atoms with Gasteiger partial charge in [0, 0.05) is 25.6 Å². The molecule has 0 aliphatic carbocycles. The molecule has 3 aromatic rings. The van der Waals surface area contributed by atoms with Crippen molar-refractivity contribution in [2.24, 2.45) is 5.92 Å². The number of ether oxygens (including phenoxy) is 1. The molecule has 1 atom stereocenters. The van der Waals surface area contributed by atoms with Crippen LogP contribution in [0, 0.1) is 5.92 Å². The third kappa shape index (κ3) is 5.46. The minimum Gasteiger partial charge on any atom is -0.365 e. The molecule has 2 aliphatic rings. The summed E-state index contributed by atoms with van der Waals surface area (Å²) in [4.78, 5) is 32.1. The molecular weight excluding hydrogens is 440 g/mol. The first-order chi connectivity index (χ1) is 17.2. The van der Waals surface area contributed by atoms with Crippen LogP contribution in [0.15, 0.2) is 67.0 Å². The fraction of sp³-hybridized carbons (Fsp3) is 0.393. The number of fused-ring (bicyclic) bond motifs is 1. The summed E-state index contributed by atoms with van der Waals surface area (Å²) in [7, 11) is 0. The van der Waals surface area contributed by atoms with E-state index in [1.807, 2.05) is 45.9 Å². The molecule has 182 valence electrons. The molecule has 1 fully saturated rings. The average molecular weight is 473 g/mol. The zero-order valence-electron chi connectivity index (χ0n) is 19.9. The Kier molecular flexibility index (Phi) is 7.23. The smallest absolute Gasteiger partial charge is 0.274 e. The number of likely N-dealkylation sites (tertiary alicyclic amines) is 1. The monoisotopic (exact) mass is 472 g/mol. The van der Waals surface area contributed by atoms with E-state index in [1.165, 1.54) is 5.56 Å². The molecule has 35 heavy (non-hydrogen) atoms. The van der Waals surface area contributed by atoms with E-state index in [2.05, 4.69) is 34.6 Å². The second kappa shape index (κ2) is 10.9. The van der Waals surface area contributed by atoms with Crippen molar-refractivity contribution >= 4 is 11.8 Å². The van der Waals surface area contributed by atoms with Crippen LogP contribution in [0.3, 0.4) is 0 Å². The second-order valence-corrected chi connectivity index (χ2v) is 9.35. The molecular formula is C28H32N4O3. The number of carbonyl (C=O) groups is 2. The van der Waals surface area contributed by atoms with Crippen molar-refractivity contribution in [1.82, 2.24) is 19.8 Å². The quantitative estimate of drug-likeness (QED) is 0.532. The zero-order chi connectivity index (χ0) is 24.0. The Hall–Kier alpha value is -3.45. The molecule has 0 bridgehead atoms. The molecule has 7 heteroatoms. The molecule has 2 aliphatic heterocycles. The topological polar surface area (TPSA) is 76.5 Å². The maximum absolute atomic E-state index is 13.2. The van der Waals surface area contributed by atoms with Gasteiger partial charge in [-0.3, -0.25) is 9.59 Å². The number of nitrogens with one attached hydrogen (secondary N) is 1. The van der Waals surface area contributed by atoms with Crippen LogP contribution >= 0.6 is 0 Å². The number of hydrogen-bond donors (Lipinski definition) is 1. The predicted octanol–water partition coefficient (Wildman–Crippen LogP) is 3.76. The van der Waals surface area contributed by atoms with E-state index in [9.17, 15) is 9.59 Å². The maximum atomic E-state index is 13.2. The molecule has 2 aromatic carbocycles. The molecule has 3 heterocycles. The number of benzene rings is 2. The van der Waals surface area contributed by atoms with E-state index in [0.717, 1.165) is 24.1 Å². The Bertz CT molecular complexity index is 1140. The first kappa shape index (κ1) is 23.3. The Morgan fingerprint density at radius 2 is 1.71 bits per heavy atom. The number of hydrogen-bond acceptors (Lipinski definition) is 4. The lowest BCUT2D eigenvalue weighted by Crippen LogP contribution is -2.43. The van der Waals surface area contributed by atoms with Gasteiger partial charge in [0.2, 0.25) is 5.91 Å². The number of rotatable bonds is 7. The summed E-state index contributed by atoms with van der Waals surface area (Å²) in [6.07, 6.45) is 4.95. The van der Waals surface area contributed by atoms with Crippen LogP contribution in [-0.2, 0) is 29.1 Å². The van der Waals surface area contributed by atoms with Crippen molar-refractivity contribution in [1.29, 1.82) is 0 Å². The van der Waals surface area contributed by atoms with Crippen LogP contribution in [0.5, 0.6) is 0 Å². The highest BCUT2D eigenvalue weighted by Gasteiger charge is 2.32. The van der Waals surface area contributed by atoms with E-state index < -0.39 is 0 Å². The van der Waals surface area contributed by atoms with E-state index in [-0.39, 0.29) is 23.8 Å². The molecule has 0 spiro atoms. The molecule has 7 nitrogen and oxygen atoms in total. The molecule has 1 aromatic heterocycles. The number of aromatic nitrogens is 2. The van der Waals surface area contributed by atoms with Crippen molar-refractivity contribution in [2.75, 3.05) is 19.6 Å². The van der Waals surface area contributed by atoms with Crippen molar-refractivity contribution in [3.05, 3.63) is 89.5 Å². The SMILES string of the molecule is O=C(NCCCc1ccccc1)C1CCN(C(=O)c2ncn3c2CO[C@@H](c2ccccc2)C3)CC1. The molecule has 0 radical (unpaired) electrons. The molecule has 2 amide bonds. The zero-order valence-corrected chi connectivity index (χ0v) is 19.9. The van der Waals surface area contributed by atoms with Gasteiger partial charge in [0.05, 0.1) is 25.2 Å². The Balaban J connectivity index is 1.09. The van der Waals surface area contributed by atoms with Crippen LogP contribution in [0.4, 0.5) is 0 Å². The van der Waals surface area contributed by atoms with Gasteiger partial charge in [0.15, 0.2) is 5.69 Å². The summed E-state index contributed by atoms with van der Waals surface area (Å²) >= 11 is 0. The van der Waals surface area contributed by atoms with Crippen molar-refractivity contribution in [3.63, 3.8) is 0 Å². The van der Waals surface area contributed by atoms with E-state index in [0.29, 0.717) is 51.3 Å². The Morgan fingerprint density at radius 3 is 2.46 bits per heavy atom. The minimum absolute atomic E-state index is 0.0391. The van der Waals surface area contributed by atoms with Crippen LogP contribution in [0.1, 0.15) is 52.7 Å². The lowest BCUT2D eigenvalue weighted by molar-refractivity contribution is -0.126. The van der Waals surface area contributed by atoms with Gasteiger partial charge in [-0.15, -0.1) is 0 Å². The van der Waals surface area contributed by atoms with Gasteiger partial charge in [-0.05, 0) is 36.8 Å². The largest absolute Gasteiger partial charge is 0.365 e. The fourth-order valence-corrected chi connectivity index (χ4v) is 4.96. The highest BCUT2D eigenvalue weighted by atomic mass is 16.5. The summed E-state index contributed by atoms with van der Waals surface area (Å²) in [6.45, 7) is 2.83. The predicted molar refractivity (Wildman–Crippen MR) is 133 cm³/mol. The number of amides is 2. The third-order valence-corrected chi connectivity index (χ3v) is 7.04. The number of nitrogens with zero attached hydrogens (tertiary/aromatic N) is 3. The van der Waals surface area contributed by atoms with E-state index in [4.69, 9.17) is 4.74 Å². The maximum Gasteiger partial charge on any atom is 0.274 e. The highest BCUT2D eigenvalue weighted by Crippen LogP contribution is 2.28. The molecule has 1 saturated heterocycles. The van der Waals surface area contributed by atoms with Crippen molar-refractivity contribution < 1.29 is 14.3 Å². The highest BCUT2D eigenvalue weighted by molar-refractivity contribution is 5.93. The van der Waals surface area contributed by atoms with Crippen LogP contribution in [0.25, 0.3) is 0 Å². The Morgan fingerprint density at radius 1 is 1.00 bits per heavy atom. The van der Waals surface area contributed by atoms with Gasteiger partial charge in [0.25, 0.3) is 5.91 Å². The number of aryl methyl sites for hydroxylation is 1. The molecule has 0 saturated carbocycles. The molecule has 5 rings (SSSR count). The van der Waals surface area contributed by atoms with E-state index >= 15 is 0 Å². The lowest BCUT2D eigenvalue weighted by atomic mass is 9.95. The Labute approximate surface area is 206 Å². The standard InChI is InChI=1S/C28H32N4O3/c33-27(29-15-7-10-21-8-3-1-4-9-21)23-13-16-31(17-14-23)28(34)26-24-19-35-25(18-32(24)20-30-26)22-11-5-2-6-12-22/h1-6,8-9,11-12,20,23,25H,7,10,13-19H2,(H,29,33)/t25-/m1/s1. The lowest BCUT2D eigenvalue weighted by Gasteiger charge is -2.31. The van der Waals surface area contributed by atoms with Crippen molar-refractivity contribution in [3.8, 4) is 0 Å². The summed E-state index contributed by atoms with van der Waals surface area (Å²) in [6, 6.07) is 20.4. The summed E-state index contributed by atoms with van der Waals surface area (Å²) in [5.74, 6) is -0.00577. The fourth-order valence-electron chi connectivity index (χ4n) is 4.96. The van der Waals surface area contributed by atoms with Gasteiger partial charge < -0.3 is 19.5 Å². The average Bonchev–Trinajstić information content (AvgIpc) is 3.35. The van der Waals surface area contributed by atoms with Gasteiger partial charge in [-0.2, -0.15) is 0 Å². The van der Waals surface area contributed by atoms with Crippen molar-refractivity contribution in [2.45, 2.75) is 44.9 Å². The summed E-state index contributed by atoms with van der Waals surface area (Å²) in [5, 5.41) is 3.08. The van der Waals surface area contributed by atoms with Gasteiger partial charge in [-0.25, -0.2) is 4.98 Å². The number of imidazole rings is 1. The molecule has 1 N–H and O–H groups in total. The summed E-state index contributed by atoms with van der Waals surface area (Å²) < 4.78 is 8.10. The normalized spacial score (nSPS) is 18.2. The number of carbonyl (C=O) groups excluding carboxylic acids is 2. The van der Waals surface area contributed by atoms with Crippen LogP contribution < -0.4 is 5.32 Å². The van der Waals surface area contributed by atoms with E-state index in [1.54, 1.807) is 6.33 Å². The van der Waals surface area contributed by atoms with Gasteiger partial charge in [0.1, 0.15) is 6.10 Å². The van der Waals surface area contributed by atoms with Gasteiger partial charge in [-0.1, -0.05) is 60.7 Å². The summed E-state index contributed by atoms with van der Waals surface area (Å²) in [5.41, 5.74) is 3.72. The third-order valence-electron chi connectivity index (χ3n) is 7.04. The van der Waals surface area contributed by atoms with Gasteiger partial charge >= 0.3 is 0 Å².